The average molecular weight is 569 g/mol. The first-order valence-electron chi connectivity index (χ1n) is 12.2. The smallest absolute Gasteiger partial charge is 0.338 e. The number of methoxy groups -OCH3 is 2. The van der Waals surface area contributed by atoms with Gasteiger partial charge in [0.1, 0.15) is 10.5 Å². The summed E-state index contributed by atoms with van der Waals surface area (Å²) in [6, 6.07) is 8.92. The number of ether oxygens (including phenoxy) is 4. The van der Waals surface area contributed by atoms with Crippen molar-refractivity contribution in [3.05, 3.63) is 72.6 Å². The zero-order valence-electron chi connectivity index (χ0n) is 22.2. The van der Waals surface area contributed by atoms with Crippen LogP contribution in [0.1, 0.15) is 30.9 Å². The summed E-state index contributed by atoms with van der Waals surface area (Å²) in [6.45, 7) is 3.30. The molecule has 12 heteroatoms. The highest BCUT2D eigenvalue weighted by Crippen LogP contribution is 2.40. The number of hydrogen-bond donors (Lipinski definition) is 3. The van der Waals surface area contributed by atoms with Gasteiger partial charge in [-0.15, -0.1) is 11.3 Å². The molecule has 1 aromatic heterocycles. The molecule has 2 aromatic carbocycles. The van der Waals surface area contributed by atoms with E-state index >= 15 is 0 Å². The molecule has 0 bridgehead atoms. The first kappa shape index (κ1) is 28.3. The molecule has 1 aliphatic rings. The van der Waals surface area contributed by atoms with E-state index in [2.05, 4.69) is 0 Å². The normalized spacial score (nSPS) is 15.1. The number of nitrogens with two attached hydrogens (primary N) is 1. The third-order valence-corrected chi connectivity index (χ3v) is 7.29. The molecule has 0 radical (unpaired) electrons. The van der Waals surface area contributed by atoms with Gasteiger partial charge in [0.05, 0.1) is 49.0 Å². The Hall–Kier alpha value is -4.71. The minimum atomic E-state index is -1.10. The fourth-order valence-corrected chi connectivity index (χ4v) is 5.57. The van der Waals surface area contributed by atoms with E-state index in [1.54, 1.807) is 32.1 Å². The maximum Gasteiger partial charge on any atom is 0.338 e. The Morgan fingerprint density at radius 3 is 2.12 bits per heavy atom. The maximum absolute atomic E-state index is 13.7. The third kappa shape index (κ3) is 5.00. The molecule has 0 aliphatic carbocycles. The Kier molecular flexibility index (Phi) is 8.19. The summed E-state index contributed by atoms with van der Waals surface area (Å²) in [7, 11) is 2.77. The molecule has 210 valence electrons. The highest BCUT2D eigenvalue weighted by Gasteiger charge is 2.40. The van der Waals surface area contributed by atoms with E-state index in [9.17, 15) is 24.6 Å². The molecule has 1 atom stereocenters. The highest BCUT2D eigenvalue weighted by molar-refractivity contribution is 7.07. The number of nitrogens with zero attached hydrogens (tertiary/aromatic N) is 1. The molecular formula is C28H28N2O9S. The molecule has 0 saturated carbocycles. The van der Waals surface area contributed by atoms with Gasteiger partial charge in [0, 0.05) is 0 Å². The number of benzene rings is 2. The number of carbonyl (C=O) groups is 2. The molecule has 0 unspecified atom stereocenters. The lowest BCUT2D eigenvalue weighted by atomic mass is 9.83. The van der Waals surface area contributed by atoms with Gasteiger partial charge < -0.3 is 34.9 Å². The van der Waals surface area contributed by atoms with E-state index in [1.807, 2.05) is 0 Å². The monoisotopic (exact) mass is 568 g/mol. The van der Waals surface area contributed by atoms with Crippen molar-refractivity contribution >= 4 is 40.7 Å². The summed E-state index contributed by atoms with van der Waals surface area (Å²) in [5.74, 6) is -2.80. The summed E-state index contributed by atoms with van der Waals surface area (Å²) < 4.78 is 22.5. The van der Waals surface area contributed by atoms with Crippen LogP contribution < -0.4 is 30.0 Å². The molecule has 4 N–H and O–H groups in total. The zero-order valence-corrected chi connectivity index (χ0v) is 23.0. The minimum absolute atomic E-state index is 0.00289. The van der Waals surface area contributed by atoms with Gasteiger partial charge in [0.2, 0.25) is 0 Å². The second-order valence-electron chi connectivity index (χ2n) is 8.51. The van der Waals surface area contributed by atoms with Crippen LogP contribution in [0.3, 0.4) is 0 Å². The van der Waals surface area contributed by atoms with Gasteiger partial charge in [0.25, 0.3) is 5.56 Å². The van der Waals surface area contributed by atoms with Crippen molar-refractivity contribution in [2.24, 2.45) is 5.73 Å². The number of esters is 2. The van der Waals surface area contributed by atoms with Gasteiger partial charge in [0.15, 0.2) is 23.0 Å². The van der Waals surface area contributed by atoms with Gasteiger partial charge in [-0.3, -0.25) is 9.36 Å². The van der Waals surface area contributed by atoms with Crippen LogP contribution in [-0.2, 0) is 19.1 Å². The Balaban J connectivity index is 2.12. The second-order valence-corrected chi connectivity index (χ2v) is 9.54. The first-order chi connectivity index (χ1) is 19.2. The largest absolute Gasteiger partial charge is 0.504 e. The fourth-order valence-electron chi connectivity index (χ4n) is 4.41. The molecule has 1 aliphatic heterocycles. The van der Waals surface area contributed by atoms with Crippen molar-refractivity contribution in [2.75, 3.05) is 27.4 Å². The molecule has 0 spiro atoms. The van der Waals surface area contributed by atoms with Crippen molar-refractivity contribution in [3.63, 3.8) is 0 Å². The Bertz CT molecular complexity index is 1700. The van der Waals surface area contributed by atoms with Gasteiger partial charge in [-0.05, 0) is 55.3 Å². The van der Waals surface area contributed by atoms with Gasteiger partial charge in [-0.1, -0.05) is 12.1 Å². The SMILES string of the molecule is CCOC(=O)C1=C(N)n2c(s/c(=C/c3ccc(O)c(OC)c3)c2=O)=C(C(=O)OCC)[C@H]1c1ccc(O)c(OC)c1. The van der Waals surface area contributed by atoms with E-state index < -0.39 is 23.4 Å². The second kappa shape index (κ2) is 11.6. The van der Waals surface area contributed by atoms with Crippen LogP contribution in [0.25, 0.3) is 17.5 Å². The molecule has 3 aromatic rings. The number of rotatable bonds is 8. The van der Waals surface area contributed by atoms with E-state index in [1.165, 1.54) is 38.5 Å². The Labute approximate surface area is 232 Å². The Morgan fingerprint density at radius 2 is 1.52 bits per heavy atom. The lowest BCUT2D eigenvalue weighted by Gasteiger charge is -2.27. The zero-order chi connectivity index (χ0) is 29.1. The Morgan fingerprint density at radius 1 is 0.950 bits per heavy atom. The number of aromatic nitrogens is 1. The molecule has 0 saturated heterocycles. The van der Waals surface area contributed by atoms with Gasteiger partial charge >= 0.3 is 11.9 Å². The van der Waals surface area contributed by atoms with E-state index in [4.69, 9.17) is 24.7 Å². The van der Waals surface area contributed by atoms with Crippen molar-refractivity contribution in [1.82, 2.24) is 4.57 Å². The van der Waals surface area contributed by atoms with Crippen LogP contribution in [0.15, 0.2) is 46.8 Å². The summed E-state index contributed by atoms with van der Waals surface area (Å²) in [4.78, 5) is 40.4. The van der Waals surface area contributed by atoms with E-state index in [0.29, 0.717) is 11.1 Å². The lowest BCUT2D eigenvalue weighted by molar-refractivity contribution is -0.138. The predicted molar refractivity (Wildman–Crippen MR) is 148 cm³/mol. The number of thiazole rings is 1. The maximum atomic E-state index is 13.7. The van der Waals surface area contributed by atoms with Crippen molar-refractivity contribution in [3.8, 4) is 23.0 Å². The van der Waals surface area contributed by atoms with Crippen LogP contribution in [-0.4, -0.2) is 54.2 Å². The summed E-state index contributed by atoms with van der Waals surface area (Å²) in [5.41, 5.74) is 6.70. The molecule has 4 rings (SSSR count). The molecule has 2 heterocycles. The average Bonchev–Trinajstić information content (AvgIpc) is 3.25. The van der Waals surface area contributed by atoms with E-state index in [0.717, 1.165) is 15.9 Å². The summed E-state index contributed by atoms with van der Waals surface area (Å²) in [5, 5.41) is 20.1. The summed E-state index contributed by atoms with van der Waals surface area (Å²) in [6.07, 6.45) is 1.55. The number of carbonyl (C=O) groups excluding carboxylic acids is 2. The topological polar surface area (TPSA) is 160 Å². The first-order valence-corrected chi connectivity index (χ1v) is 13.0. The van der Waals surface area contributed by atoms with Crippen molar-refractivity contribution < 1.29 is 38.7 Å². The number of phenols is 2. The number of phenolic OH excluding ortho intramolecular Hbond substituents is 2. The van der Waals surface area contributed by atoms with Gasteiger partial charge in [-0.2, -0.15) is 0 Å². The number of hydrogen-bond acceptors (Lipinski definition) is 11. The van der Waals surface area contributed by atoms with Crippen LogP contribution in [0.4, 0.5) is 0 Å². The highest BCUT2D eigenvalue weighted by atomic mass is 32.1. The van der Waals surface area contributed by atoms with Crippen LogP contribution in [0.2, 0.25) is 0 Å². The molecular weight excluding hydrogens is 540 g/mol. The van der Waals surface area contributed by atoms with Crippen LogP contribution in [0, 0.1) is 0 Å². The quantitative estimate of drug-likeness (QED) is 0.339. The predicted octanol–water partition coefficient (Wildman–Crippen LogP) is 1.37. The van der Waals surface area contributed by atoms with Gasteiger partial charge in [-0.25, -0.2) is 9.59 Å². The van der Waals surface area contributed by atoms with E-state index in [-0.39, 0.29) is 62.4 Å². The molecule has 11 nitrogen and oxygen atoms in total. The third-order valence-electron chi connectivity index (χ3n) is 6.18. The number of fused-ring (bicyclic) bond motifs is 1. The fraction of sp³-hybridized carbons (Fsp3) is 0.250. The minimum Gasteiger partial charge on any atom is -0.504 e. The van der Waals surface area contributed by atoms with Crippen LogP contribution >= 0.6 is 11.3 Å². The standard InChI is InChI=1S/C28H28N2O9S/c1-5-38-27(34)22-21(15-8-10-17(32)19(13-15)37-4)23(28(35)39-6-2)26-30(24(22)29)25(33)20(40-26)12-14-7-9-16(31)18(11-14)36-3/h7-13,21,31-32H,5-6,29H2,1-4H3/b20-12+/t21-/m0/s1. The molecule has 0 amide bonds. The van der Waals surface area contributed by atoms with Crippen molar-refractivity contribution in [2.45, 2.75) is 19.8 Å². The molecule has 0 fully saturated rings. The summed E-state index contributed by atoms with van der Waals surface area (Å²) >= 11 is 0.986. The number of aromatic hydroxyl groups is 2. The molecule has 40 heavy (non-hydrogen) atoms. The lowest BCUT2D eigenvalue weighted by Crippen LogP contribution is -2.42. The van der Waals surface area contributed by atoms with Crippen molar-refractivity contribution in [1.29, 1.82) is 0 Å². The van der Waals surface area contributed by atoms with Crippen LogP contribution in [0.5, 0.6) is 23.0 Å².